The van der Waals surface area contributed by atoms with Crippen LogP contribution in [0.4, 0.5) is 0 Å². The Morgan fingerprint density at radius 1 is 0.968 bits per heavy atom. The van der Waals surface area contributed by atoms with Gasteiger partial charge in [0.1, 0.15) is 6.04 Å². The quantitative estimate of drug-likeness (QED) is 0.536. The predicted octanol–water partition coefficient (Wildman–Crippen LogP) is 2.88. The first-order chi connectivity index (χ1) is 14.6. The topological polar surface area (TPSA) is 113 Å². The minimum atomic E-state index is -1.13. The number of amides is 2. The normalized spacial score (nSPS) is 12.5. The van der Waals surface area contributed by atoms with Crippen LogP contribution in [0, 0.1) is 19.8 Å². The zero-order valence-corrected chi connectivity index (χ0v) is 18.2. The summed E-state index contributed by atoms with van der Waals surface area (Å²) in [6, 6.07) is 10.7. The lowest BCUT2D eigenvalue weighted by Crippen LogP contribution is -2.48. The highest BCUT2D eigenvalue weighted by Crippen LogP contribution is 2.17. The Labute approximate surface area is 181 Å². The van der Waals surface area contributed by atoms with Crippen LogP contribution in [0.5, 0.6) is 0 Å². The Kier molecular flexibility index (Phi) is 8.07. The summed E-state index contributed by atoms with van der Waals surface area (Å²) in [4.78, 5) is 49.2. The fourth-order valence-electron chi connectivity index (χ4n) is 3.08. The van der Waals surface area contributed by atoms with Gasteiger partial charge in [-0.05, 0) is 43.0 Å². The van der Waals surface area contributed by atoms with Crippen LogP contribution in [-0.2, 0) is 9.59 Å². The fraction of sp³-hybridized carbons (Fsp3) is 0.333. The first kappa shape index (κ1) is 23.8. The van der Waals surface area contributed by atoms with Gasteiger partial charge >= 0.3 is 5.97 Å². The Morgan fingerprint density at radius 3 is 2.19 bits per heavy atom. The van der Waals surface area contributed by atoms with Crippen molar-refractivity contribution in [3.8, 4) is 0 Å². The maximum absolute atomic E-state index is 13.0. The smallest absolute Gasteiger partial charge is 0.326 e. The third-order valence-electron chi connectivity index (χ3n) is 5.39. The molecule has 0 bridgehead atoms. The maximum Gasteiger partial charge on any atom is 0.326 e. The Morgan fingerprint density at radius 2 is 1.61 bits per heavy atom. The number of hydrogen-bond donors (Lipinski definition) is 3. The van der Waals surface area contributed by atoms with E-state index >= 15 is 0 Å². The van der Waals surface area contributed by atoms with Crippen LogP contribution in [0.15, 0.2) is 42.5 Å². The lowest BCUT2D eigenvalue weighted by molar-refractivity contribution is -0.143. The highest BCUT2D eigenvalue weighted by Gasteiger charge is 2.25. The number of rotatable bonds is 9. The van der Waals surface area contributed by atoms with Crippen molar-refractivity contribution in [3.05, 3.63) is 70.3 Å². The first-order valence-electron chi connectivity index (χ1n) is 10.2. The molecule has 0 aliphatic heterocycles. The molecule has 164 valence electrons. The second kappa shape index (κ2) is 10.5. The summed E-state index contributed by atoms with van der Waals surface area (Å²) in [5, 5.41) is 14.2. The van der Waals surface area contributed by atoms with Gasteiger partial charge in [-0.1, -0.05) is 50.6 Å². The minimum absolute atomic E-state index is 0.148. The molecular weight excluding hydrogens is 396 g/mol. The third-order valence-corrected chi connectivity index (χ3v) is 5.39. The van der Waals surface area contributed by atoms with Crippen molar-refractivity contribution < 1.29 is 24.3 Å². The van der Waals surface area contributed by atoms with Crippen LogP contribution in [0.3, 0.4) is 0 Å². The number of benzene rings is 2. The average Bonchev–Trinajstić information content (AvgIpc) is 2.76. The molecule has 0 spiro atoms. The van der Waals surface area contributed by atoms with E-state index in [0.717, 1.165) is 11.1 Å². The van der Waals surface area contributed by atoms with Crippen molar-refractivity contribution in [2.75, 3.05) is 6.54 Å². The lowest BCUT2D eigenvalue weighted by atomic mass is 9.95. The van der Waals surface area contributed by atoms with Crippen molar-refractivity contribution in [3.63, 3.8) is 0 Å². The SMILES string of the molecule is CC[C@H](C)[C@H](NC(=O)CNC(=O)c1ccccc1C(=O)c1ccc(C)c(C)c1)C(=O)O. The van der Waals surface area contributed by atoms with Crippen LogP contribution in [0.25, 0.3) is 0 Å². The zero-order chi connectivity index (χ0) is 23.1. The van der Waals surface area contributed by atoms with Crippen LogP contribution in [-0.4, -0.2) is 41.3 Å². The molecule has 7 heteroatoms. The number of carbonyl (C=O) groups excluding carboxylic acids is 3. The van der Waals surface area contributed by atoms with Gasteiger partial charge in [-0.3, -0.25) is 14.4 Å². The van der Waals surface area contributed by atoms with E-state index in [4.69, 9.17) is 0 Å². The zero-order valence-electron chi connectivity index (χ0n) is 18.2. The van der Waals surface area contributed by atoms with E-state index < -0.39 is 30.4 Å². The highest BCUT2D eigenvalue weighted by molar-refractivity contribution is 6.15. The molecule has 2 aromatic carbocycles. The van der Waals surface area contributed by atoms with Crippen LogP contribution in [0.1, 0.15) is 57.7 Å². The summed E-state index contributed by atoms with van der Waals surface area (Å²) in [5.41, 5.74) is 2.88. The van der Waals surface area contributed by atoms with Crippen LogP contribution in [0.2, 0.25) is 0 Å². The number of aryl methyl sites for hydroxylation is 2. The van der Waals surface area contributed by atoms with Crippen molar-refractivity contribution in [2.45, 2.75) is 40.2 Å². The summed E-state index contributed by atoms with van der Waals surface area (Å²) in [7, 11) is 0. The molecule has 0 saturated carbocycles. The van der Waals surface area contributed by atoms with Gasteiger partial charge in [-0.2, -0.15) is 0 Å². The van der Waals surface area contributed by atoms with Crippen molar-refractivity contribution in [1.29, 1.82) is 0 Å². The van der Waals surface area contributed by atoms with E-state index in [9.17, 15) is 24.3 Å². The molecule has 2 rings (SSSR count). The number of aliphatic carboxylic acids is 1. The van der Waals surface area contributed by atoms with Gasteiger partial charge in [-0.25, -0.2) is 4.79 Å². The molecule has 0 aliphatic carbocycles. The van der Waals surface area contributed by atoms with Gasteiger partial charge in [0.15, 0.2) is 5.78 Å². The number of nitrogens with one attached hydrogen (secondary N) is 2. The second-order valence-corrected chi connectivity index (χ2v) is 7.63. The highest BCUT2D eigenvalue weighted by atomic mass is 16.4. The molecule has 2 aromatic rings. The number of hydrogen-bond acceptors (Lipinski definition) is 4. The van der Waals surface area contributed by atoms with Crippen molar-refractivity contribution in [1.82, 2.24) is 10.6 Å². The summed E-state index contributed by atoms with van der Waals surface area (Å²) >= 11 is 0. The molecule has 0 aromatic heterocycles. The van der Waals surface area contributed by atoms with E-state index in [-0.39, 0.29) is 22.8 Å². The molecule has 31 heavy (non-hydrogen) atoms. The van der Waals surface area contributed by atoms with E-state index in [1.807, 2.05) is 26.8 Å². The molecule has 3 N–H and O–H groups in total. The second-order valence-electron chi connectivity index (χ2n) is 7.63. The van der Waals surface area contributed by atoms with Gasteiger partial charge in [0.25, 0.3) is 5.91 Å². The number of carboxylic acids is 1. The number of carbonyl (C=O) groups is 4. The molecule has 0 radical (unpaired) electrons. The molecule has 2 atom stereocenters. The summed E-state index contributed by atoms with van der Waals surface area (Å²) in [5.74, 6) is -2.87. The first-order valence-corrected chi connectivity index (χ1v) is 10.2. The molecule has 7 nitrogen and oxygen atoms in total. The van der Waals surface area contributed by atoms with E-state index in [1.165, 1.54) is 6.07 Å². The summed E-state index contributed by atoms with van der Waals surface area (Å²) in [6.45, 7) is 7.02. The molecule has 0 aliphatic rings. The molecular formula is C24H28N2O5. The van der Waals surface area contributed by atoms with Crippen LogP contribution >= 0.6 is 0 Å². The average molecular weight is 424 g/mol. The standard InChI is InChI=1S/C24H28N2O5/c1-5-14(2)21(24(30)31)26-20(27)13-25-23(29)19-9-7-6-8-18(19)22(28)17-11-10-15(3)16(4)12-17/h6-12,14,21H,5,13H2,1-4H3,(H,25,29)(H,26,27)(H,30,31)/t14-,21-/m0/s1. The largest absolute Gasteiger partial charge is 0.480 e. The van der Waals surface area contributed by atoms with Crippen molar-refractivity contribution >= 4 is 23.6 Å². The van der Waals surface area contributed by atoms with Gasteiger partial charge in [0.05, 0.1) is 12.1 Å². The third kappa shape index (κ3) is 6.01. The maximum atomic E-state index is 13.0. The van der Waals surface area contributed by atoms with E-state index in [2.05, 4.69) is 10.6 Å². The minimum Gasteiger partial charge on any atom is -0.480 e. The van der Waals surface area contributed by atoms with Gasteiger partial charge in [-0.15, -0.1) is 0 Å². The molecule has 0 unspecified atom stereocenters. The van der Waals surface area contributed by atoms with Gasteiger partial charge < -0.3 is 15.7 Å². The van der Waals surface area contributed by atoms with E-state index in [0.29, 0.717) is 12.0 Å². The van der Waals surface area contributed by atoms with Crippen molar-refractivity contribution in [2.24, 2.45) is 5.92 Å². The lowest BCUT2D eigenvalue weighted by Gasteiger charge is -2.20. The molecule has 0 heterocycles. The summed E-state index contributed by atoms with van der Waals surface area (Å²) < 4.78 is 0. The Hall–Kier alpha value is -3.48. The molecule has 0 saturated heterocycles. The molecule has 2 amide bonds. The molecule has 0 fully saturated rings. The monoisotopic (exact) mass is 424 g/mol. The number of carboxylic acid groups (broad SMARTS) is 1. The van der Waals surface area contributed by atoms with Gasteiger partial charge in [0.2, 0.25) is 5.91 Å². The number of ketones is 1. The van der Waals surface area contributed by atoms with Crippen LogP contribution < -0.4 is 10.6 Å². The Balaban J connectivity index is 2.13. The summed E-state index contributed by atoms with van der Waals surface area (Å²) in [6.07, 6.45) is 0.581. The van der Waals surface area contributed by atoms with Gasteiger partial charge in [0, 0.05) is 11.1 Å². The fourth-order valence-corrected chi connectivity index (χ4v) is 3.08. The predicted molar refractivity (Wildman–Crippen MR) is 117 cm³/mol. The Bertz CT molecular complexity index is 999. The van der Waals surface area contributed by atoms with E-state index in [1.54, 1.807) is 37.3 Å².